The second kappa shape index (κ2) is 9.77. The molecule has 33 heavy (non-hydrogen) atoms. The van der Waals surface area contributed by atoms with Crippen molar-refractivity contribution in [3.63, 3.8) is 0 Å². The van der Waals surface area contributed by atoms with Crippen molar-refractivity contribution in [1.29, 1.82) is 0 Å². The average molecular weight is 449 g/mol. The molecule has 172 valence electrons. The maximum atomic E-state index is 13.0. The molecule has 1 fully saturated rings. The summed E-state index contributed by atoms with van der Waals surface area (Å²) in [6.07, 6.45) is 3.36. The first-order valence-electron chi connectivity index (χ1n) is 11.4. The molecule has 3 heterocycles. The Hall–Kier alpha value is -3.16. The molecule has 0 amide bonds. The van der Waals surface area contributed by atoms with Crippen LogP contribution in [0.15, 0.2) is 60.8 Å². The molecule has 6 nitrogen and oxygen atoms in total. The van der Waals surface area contributed by atoms with E-state index in [0.717, 1.165) is 44.0 Å². The zero-order valence-corrected chi connectivity index (χ0v) is 18.8. The second-order valence-corrected chi connectivity index (χ2v) is 8.64. The first kappa shape index (κ1) is 21.7. The molecule has 0 bridgehead atoms. The molecule has 0 radical (unpaired) electrons. The number of nitrogens with zero attached hydrogens (tertiary/aromatic N) is 3. The number of halogens is 1. The van der Waals surface area contributed by atoms with Gasteiger partial charge in [0.05, 0.1) is 18.0 Å². The highest BCUT2D eigenvalue weighted by Crippen LogP contribution is 2.30. The molecule has 0 saturated carbocycles. The zero-order valence-electron chi connectivity index (χ0n) is 18.8. The Kier molecular flexibility index (Phi) is 6.41. The van der Waals surface area contributed by atoms with Crippen LogP contribution < -0.4 is 4.74 Å². The Morgan fingerprint density at radius 1 is 1.15 bits per heavy atom. The van der Waals surface area contributed by atoms with Crippen LogP contribution in [-0.4, -0.2) is 46.5 Å². The van der Waals surface area contributed by atoms with Crippen molar-refractivity contribution in [3.05, 3.63) is 83.6 Å². The van der Waals surface area contributed by atoms with Crippen molar-refractivity contribution in [2.24, 2.45) is 0 Å². The van der Waals surface area contributed by atoms with Crippen LogP contribution in [0, 0.1) is 5.82 Å². The lowest BCUT2D eigenvalue weighted by Gasteiger charge is -2.15. The van der Waals surface area contributed by atoms with E-state index < -0.39 is 0 Å². The third-order valence-electron chi connectivity index (χ3n) is 6.35. The highest BCUT2D eigenvalue weighted by molar-refractivity contribution is 5.83. The summed E-state index contributed by atoms with van der Waals surface area (Å²) >= 11 is 0. The molecule has 5 rings (SSSR count). The van der Waals surface area contributed by atoms with Gasteiger partial charge in [0.25, 0.3) is 0 Å². The highest BCUT2D eigenvalue weighted by atomic mass is 19.1. The Morgan fingerprint density at radius 3 is 2.85 bits per heavy atom. The van der Waals surface area contributed by atoms with Gasteiger partial charge in [-0.05, 0) is 54.9 Å². The van der Waals surface area contributed by atoms with Crippen molar-refractivity contribution in [2.45, 2.75) is 32.0 Å². The molecule has 1 atom stereocenters. The average Bonchev–Trinajstić information content (AvgIpc) is 3.57. The van der Waals surface area contributed by atoms with Crippen LogP contribution in [0.5, 0.6) is 5.75 Å². The first-order valence-corrected chi connectivity index (χ1v) is 11.4. The number of fused-ring (bicyclic) bond motifs is 1. The standard InChI is InChI=1S/C26H29FN4O2/c1-32-13-12-31-17-20(24-4-2-3-5-26(24)31)16-30-11-10-19(15-30)25-14-22(28-29-25)18-33-23-8-6-21(27)7-9-23/h2-9,14,17,19H,10-13,15-16,18H2,1H3,(H,28,29). The molecule has 1 aliphatic rings. The molecule has 1 aliphatic heterocycles. The predicted octanol–water partition coefficient (Wildman–Crippen LogP) is 4.72. The van der Waals surface area contributed by atoms with Crippen molar-refractivity contribution in [1.82, 2.24) is 19.7 Å². The Bertz CT molecular complexity index is 1200. The summed E-state index contributed by atoms with van der Waals surface area (Å²) in [7, 11) is 1.74. The van der Waals surface area contributed by atoms with Gasteiger partial charge in [0.15, 0.2) is 0 Å². The molecule has 1 N–H and O–H groups in total. The molecule has 1 unspecified atom stereocenters. The SMILES string of the molecule is COCCn1cc(CN2CCC(c3cc(COc4ccc(F)cc4)[nH]n3)C2)c2ccccc21. The van der Waals surface area contributed by atoms with E-state index in [4.69, 9.17) is 9.47 Å². The molecule has 2 aromatic carbocycles. The van der Waals surface area contributed by atoms with Crippen LogP contribution in [0.4, 0.5) is 4.39 Å². The van der Waals surface area contributed by atoms with E-state index in [9.17, 15) is 4.39 Å². The third kappa shape index (κ3) is 4.94. The van der Waals surface area contributed by atoms with Gasteiger partial charge in [0, 0.05) is 49.8 Å². The Morgan fingerprint density at radius 2 is 2.00 bits per heavy atom. The van der Waals surface area contributed by atoms with Gasteiger partial charge in [-0.2, -0.15) is 5.10 Å². The topological polar surface area (TPSA) is 55.3 Å². The summed E-state index contributed by atoms with van der Waals surface area (Å²) in [5.74, 6) is 0.781. The van der Waals surface area contributed by atoms with Gasteiger partial charge in [0.1, 0.15) is 18.2 Å². The number of methoxy groups -OCH3 is 1. The minimum absolute atomic E-state index is 0.267. The number of para-hydroxylation sites is 1. The van der Waals surface area contributed by atoms with E-state index in [2.05, 4.69) is 56.2 Å². The van der Waals surface area contributed by atoms with Gasteiger partial charge >= 0.3 is 0 Å². The fourth-order valence-corrected chi connectivity index (χ4v) is 4.64. The van der Waals surface area contributed by atoms with Crippen molar-refractivity contribution >= 4 is 10.9 Å². The van der Waals surface area contributed by atoms with Gasteiger partial charge in [-0.25, -0.2) is 4.39 Å². The van der Waals surface area contributed by atoms with E-state index in [0.29, 0.717) is 24.9 Å². The van der Waals surface area contributed by atoms with Gasteiger partial charge < -0.3 is 14.0 Å². The number of ether oxygens (including phenoxy) is 2. The van der Waals surface area contributed by atoms with Crippen LogP contribution in [0.1, 0.15) is 29.3 Å². The molecule has 7 heteroatoms. The van der Waals surface area contributed by atoms with Crippen molar-refractivity contribution in [2.75, 3.05) is 26.8 Å². The number of nitrogens with one attached hydrogen (secondary N) is 1. The third-order valence-corrected chi connectivity index (χ3v) is 6.35. The van der Waals surface area contributed by atoms with Gasteiger partial charge in [-0.15, -0.1) is 0 Å². The molecule has 0 spiro atoms. The summed E-state index contributed by atoms with van der Waals surface area (Å²) in [5, 5.41) is 8.95. The summed E-state index contributed by atoms with van der Waals surface area (Å²) in [6, 6.07) is 16.7. The normalized spacial score (nSPS) is 16.6. The first-order chi connectivity index (χ1) is 16.2. The van der Waals surface area contributed by atoms with E-state index in [1.807, 2.05) is 0 Å². The van der Waals surface area contributed by atoms with E-state index in [1.54, 1.807) is 19.2 Å². The largest absolute Gasteiger partial charge is 0.487 e. The molecular weight excluding hydrogens is 419 g/mol. The monoisotopic (exact) mass is 448 g/mol. The molecule has 0 aliphatic carbocycles. The van der Waals surface area contributed by atoms with Gasteiger partial charge in [-0.3, -0.25) is 10.00 Å². The summed E-state index contributed by atoms with van der Waals surface area (Å²) in [4.78, 5) is 2.51. The van der Waals surface area contributed by atoms with Gasteiger partial charge in [-0.1, -0.05) is 18.2 Å². The van der Waals surface area contributed by atoms with Crippen molar-refractivity contribution in [3.8, 4) is 5.75 Å². The maximum Gasteiger partial charge on any atom is 0.130 e. The Labute approximate surface area is 192 Å². The molecule has 1 saturated heterocycles. The number of hydrogen-bond acceptors (Lipinski definition) is 4. The van der Waals surface area contributed by atoms with Crippen LogP contribution in [0.3, 0.4) is 0 Å². The van der Waals surface area contributed by atoms with Crippen LogP contribution in [0.2, 0.25) is 0 Å². The second-order valence-electron chi connectivity index (χ2n) is 8.64. The Balaban J connectivity index is 1.20. The minimum Gasteiger partial charge on any atom is -0.487 e. The number of likely N-dealkylation sites (tertiary alicyclic amines) is 1. The van der Waals surface area contributed by atoms with E-state index in [-0.39, 0.29) is 5.82 Å². The summed E-state index contributed by atoms with van der Waals surface area (Å²) < 4.78 is 26.4. The lowest BCUT2D eigenvalue weighted by Crippen LogP contribution is -2.19. The zero-order chi connectivity index (χ0) is 22.6. The van der Waals surface area contributed by atoms with Crippen molar-refractivity contribution < 1.29 is 13.9 Å². The number of aromatic nitrogens is 3. The number of hydrogen-bond donors (Lipinski definition) is 1. The fourth-order valence-electron chi connectivity index (χ4n) is 4.64. The molecule has 2 aromatic heterocycles. The minimum atomic E-state index is -0.267. The maximum absolute atomic E-state index is 13.0. The number of H-pyrrole nitrogens is 1. The summed E-state index contributed by atoms with van der Waals surface area (Å²) in [5.41, 5.74) is 4.63. The quantitative estimate of drug-likeness (QED) is 0.403. The molecular formula is C26H29FN4O2. The fraction of sp³-hybridized carbons (Fsp3) is 0.346. The predicted molar refractivity (Wildman–Crippen MR) is 126 cm³/mol. The van der Waals surface area contributed by atoms with Crippen LogP contribution >= 0.6 is 0 Å². The van der Waals surface area contributed by atoms with E-state index in [1.165, 1.54) is 28.6 Å². The number of rotatable bonds is 9. The molecule has 4 aromatic rings. The smallest absolute Gasteiger partial charge is 0.130 e. The van der Waals surface area contributed by atoms with Gasteiger partial charge in [0.2, 0.25) is 0 Å². The number of aromatic amines is 1. The van der Waals surface area contributed by atoms with E-state index >= 15 is 0 Å². The lowest BCUT2D eigenvalue weighted by molar-refractivity contribution is 0.188. The van der Waals surface area contributed by atoms with Crippen LogP contribution in [-0.2, 0) is 24.4 Å². The lowest BCUT2D eigenvalue weighted by atomic mass is 10.1. The highest BCUT2D eigenvalue weighted by Gasteiger charge is 2.26. The van der Waals surface area contributed by atoms with Crippen LogP contribution in [0.25, 0.3) is 10.9 Å². The summed E-state index contributed by atoms with van der Waals surface area (Å²) in [6.45, 7) is 4.92. The number of benzene rings is 2.